The van der Waals surface area contributed by atoms with Gasteiger partial charge in [0, 0.05) is 21.8 Å². The Morgan fingerprint density at radius 3 is 2.33 bits per heavy atom. The van der Waals surface area contributed by atoms with Gasteiger partial charge in [-0.25, -0.2) is 27.5 Å². The molecule has 14 nitrogen and oxygen atoms in total. The smallest absolute Gasteiger partial charge is 0.411 e. The molecule has 1 atom stereocenters. The number of thiol groups is 1. The van der Waals surface area contributed by atoms with Crippen LogP contribution in [0.2, 0.25) is 0 Å². The molecule has 0 radical (unpaired) electrons. The average molecular weight is 629 g/mol. The summed E-state index contributed by atoms with van der Waals surface area (Å²) in [5, 5.41) is 4.03. The predicted octanol–water partition coefficient (Wildman–Crippen LogP) is 3.77. The van der Waals surface area contributed by atoms with Crippen molar-refractivity contribution >= 4 is 43.1 Å². The standard InChI is InChI=1S/C25H22N6O8P2S/c32-40(33,34)31(42(37)38)41(35,36)39-20-13-18(14-26-16-20)24-29-22-11-6-10-21(17-7-2-1-3-8-17)23(22)25(30-24)28-15-19-9-4-5-12-27-19/h1-14,16,42H,15H2,(H,35,36)(H,28,29,30)(H2,32,33,34). The topological polar surface area (TPSA) is 205 Å². The van der Waals surface area contributed by atoms with Crippen LogP contribution in [0.5, 0.6) is 5.75 Å². The number of nitrogens with one attached hydrogen (secondary N) is 1. The van der Waals surface area contributed by atoms with Gasteiger partial charge in [-0.05, 0) is 35.4 Å². The number of anilines is 1. The van der Waals surface area contributed by atoms with E-state index in [0.29, 0.717) is 17.9 Å². The van der Waals surface area contributed by atoms with E-state index in [1.807, 2.05) is 54.6 Å². The van der Waals surface area contributed by atoms with E-state index in [0.717, 1.165) is 28.4 Å². The molecule has 0 saturated carbocycles. The second kappa shape index (κ2) is 12.0. The van der Waals surface area contributed by atoms with Crippen molar-refractivity contribution in [1.29, 1.82) is 0 Å². The highest BCUT2D eigenvalue weighted by Gasteiger charge is 2.46. The molecule has 0 amide bonds. The van der Waals surface area contributed by atoms with Crippen molar-refractivity contribution < 1.29 is 36.8 Å². The van der Waals surface area contributed by atoms with Crippen molar-refractivity contribution in [2.45, 2.75) is 6.54 Å². The van der Waals surface area contributed by atoms with Crippen molar-refractivity contribution in [2.24, 2.45) is 0 Å². The third kappa shape index (κ3) is 6.53. The van der Waals surface area contributed by atoms with Crippen LogP contribution in [0.25, 0.3) is 33.4 Å². The molecule has 42 heavy (non-hydrogen) atoms. The zero-order valence-corrected chi connectivity index (χ0v) is 24.0. The molecule has 216 valence electrons. The quantitative estimate of drug-likeness (QED) is 0.110. The van der Waals surface area contributed by atoms with Crippen molar-refractivity contribution in [3.63, 3.8) is 0 Å². The number of fused-ring (bicyclic) bond motifs is 1. The molecular weight excluding hydrogens is 606 g/mol. The van der Waals surface area contributed by atoms with Gasteiger partial charge in [-0.15, -0.1) is 0 Å². The SMILES string of the molecule is O=[SH](=O)N(P(=O)(O)O)P(=O)(O)Oc1cncc(-c2nc(NCc3ccccn3)c3c(-c4ccccc4)cccc3n2)c1. The van der Waals surface area contributed by atoms with Crippen LogP contribution >= 0.6 is 15.5 Å². The van der Waals surface area contributed by atoms with Crippen molar-refractivity contribution in [3.05, 3.63) is 97.1 Å². The molecular formula is C25H22N6O8P2S. The van der Waals surface area contributed by atoms with E-state index in [4.69, 9.17) is 9.51 Å². The zero-order valence-electron chi connectivity index (χ0n) is 21.3. The van der Waals surface area contributed by atoms with Gasteiger partial charge in [0.1, 0.15) is 11.6 Å². The molecule has 0 saturated heterocycles. The van der Waals surface area contributed by atoms with E-state index in [-0.39, 0.29) is 11.4 Å². The van der Waals surface area contributed by atoms with E-state index < -0.39 is 36.0 Å². The summed E-state index contributed by atoms with van der Waals surface area (Å²) in [6, 6.07) is 21.9. The van der Waals surface area contributed by atoms with Gasteiger partial charge < -0.3 is 24.5 Å². The number of nitrogens with zero attached hydrogens (tertiary/aromatic N) is 5. The van der Waals surface area contributed by atoms with Crippen LogP contribution in [0.4, 0.5) is 5.82 Å². The Kier molecular flexibility index (Phi) is 8.43. The lowest BCUT2D eigenvalue weighted by atomic mass is 10.0. The maximum absolute atomic E-state index is 12.5. The first kappa shape index (κ1) is 29.4. The molecule has 0 aliphatic carbocycles. The summed E-state index contributed by atoms with van der Waals surface area (Å²) in [5.41, 5.74) is 3.31. The van der Waals surface area contributed by atoms with Gasteiger partial charge in [-0.1, -0.05) is 48.5 Å². The van der Waals surface area contributed by atoms with Gasteiger partial charge in [0.15, 0.2) is 5.82 Å². The largest absolute Gasteiger partial charge is 0.482 e. The summed E-state index contributed by atoms with van der Waals surface area (Å²) in [5.74, 6) is 0.123. The normalized spacial score (nSPS) is 13.3. The average Bonchev–Trinajstić information content (AvgIpc) is 2.95. The molecule has 3 aromatic heterocycles. The van der Waals surface area contributed by atoms with Crippen molar-refractivity contribution in [1.82, 2.24) is 23.8 Å². The first-order chi connectivity index (χ1) is 20.0. The number of benzene rings is 2. The lowest BCUT2D eigenvalue weighted by Crippen LogP contribution is -2.18. The Morgan fingerprint density at radius 1 is 0.881 bits per heavy atom. The lowest BCUT2D eigenvalue weighted by molar-refractivity contribution is 0.310. The van der Waals surface area contributed by atoms with E-state index in [2.05, 4.69) is 20.3 Å². The Hall–Kier alpha value is -4.07. The minimum atomic E-state index is -5.72. The van der Waals surface area contributed by atoms with Gasteiger partial charge >= 0.3 is 15.5 Å². The molecule has 0 spiro atoms. The maximum atomic E-state index is 12.5. The Balaban J connectivity index is 1.59. The molecule has 4 N–H and O–H groups in total. The first-order valence-corrected chi connectivity index (χ1v) is 16.2. The molecule has 0 aliphatic heterocycles. The highest BCUT2D eigenvalue weighted by atomic mass is 32.2. The second-order valence-corrected chi connectivity index (χ2v) is 13.5. The van der Waals surface area contributed by atoms with Crippen molar-refractivity contribution in [2.75, 3.05) is 5.32 Å². The summed E-state index contributed by atoms with van der Waals surface area (Å²) in [7, 11) is -15.5. The minimum absolute atomic E-state index is 0.128. The highest BCUT2D eigenvalue weighted by Crippen LogP contribution is 2.60. The van der Waals surface area contributed by atoms with Gasteiger partial charge in [-0.3, -0.25) is 9.97 Å². The molecule has 17 heteroatoms. The van der Waals surface area contributed by atoms with E-state index in [1.54, 1.807) is 18.3 Å². The van der Waals surface area contributed by atoms with Crippen LogP contribution in [0.1, 0.15) is 5.69 Å². The van der Waals surface area contributed by atoms with Gasteiger partial charge in [0.2, 0.25) is 10.9 Å². The minimum Gasteiger partial charge on any atom is -0.411 e. The third-order valence-electron chi connectivity index (χ3n) is 5.77. The van der Waals surface area contributed by atoms with E-state index in [9.17, 15) is 32.2 Å². The molecule has 0 fully saturated rings. The van der Waals surface area contributed by atoms with Gasteiger partial charge in [-0.2, -0.15) is 0 Å². The van der Waals surface area contributed by atoms with Crippen LogP contribution in [-0.2, 0) is 26.6 Å². The van der Waals surface area contributed by atoms with E-state index in [1.165, 1.54) is 12.3 Å². The molecule has 1 unspecified atom stereocenters. The van der Waals surface area contributed by atoms with Crippen LogP contribution in [0, 0.1) is 0 Å². The fourth-order valence-electron chi connectivity index (χ4n) is 4.07. The van der Waals surface area contributed by atoms with Gasteiger partial charge in [0.05, 0.1) is 29.3 Å². The monoisotopic (exact) mass is 628 g/mol. The molecule has 5 aromatic rings. The summed E-state index contributed by atoms with van der Waals surface area (Å²) in [6.45, 7) is 0.330. The Labute approximate surface area is 240 Å². The van der Waals surface area contributed by atoms with Crippen molar-refractivity contribution in [3.8, 4) is 28.3 Å². The lowest BCUT2D eigenvalue weighted by Gasteiger charge is -2.21. The molecule has 2 aromatic carbocycles. The number of aromatic nitrogens is 4. The molecule has 3 heterocycles. The zero-order chi connectivity index (χ0) is 29.9. The van der Waals surface area contributed by atoms with Crippen LogP contribution < -0.4 is 9.84 Å². The fraction of sp³-hybridized carbons (Fsp3) is 0.0400. The summed E-state index contributed by atoms with van der Waals surface area (Å²) in [4.78, 5) is 46.3. The molecule has 0 bridgehead atoms. The molecule has 0 aliphatic rings. The summed E-state index contributed by atoms with van der Waals surface area (Å²) in [6.07, 6.45) is 3.98. The van der Waals surface area contributed by atoms with Crippen LogP contribution in [0.15, 0.2) is 91.4 Å². The predicted molar refractivity (Wildman–Crippen MR) is 154 cm³/mol. The van der Waals surface area contributed by atoms with E-state index >= 15 is 0 Å². The van der Waals surface area contributed by atoms with Gasteiger partial charge in [0.25, 0.3) is 0 Å². The molecule has 5 rings (SSSR count). The fourth-order valence-corrected chi connectivity index (χ4v) is 7.42. The second-order valence-electron chi connectivity index (χ2n) is 8.65. The third-order valence-corrected chi connectivity index (χ3v) is 11.1. The highest BCUT2D eigenvalue weighted by molar-refractivity contribution is 7.88. The Bertz CT molecular complexity index is 1920. The number of rotatable bonds is 10. The number of hydrogen-bond acceptors (Lipinski definition) is 10. The first-order valence-electron chi connectivity index (χ1n) is 12.0. The van der Waals surface area contributed by atoms with Crippen LogP contribution in [-0.4, -0.2) is 46.9 Å². The Morgan fingerprint density at radius 2 is 1.64 bits per heavy atom. The number of hydrogen-bond donors (Lipinski definition) is 5. The summed E-state index contributed by atoms with van der Waals surface area (Å²) < 4.78 is 50.7. The van der Waals surface area contributed by atoms with Crippen LogP contribution in [0.3, 0.4) is 0 Å². The number of pyridine rings is 2. The maximum Gasteiger partial charge on any atom is 0.482 e. The summed E-state index contributed by atoms with van der Waals surface area (Å²) >= 11 is 0.